The van der Waals surface area contributed by atoms with Crippen LogP contribution < -0.4 is 4.74 Å². The minimum absolute atomic E-state index is 0.110. The number of thiophene rings is 1. The van der Waals surface area contributed by atoms with Gasteiger partial charge in [0.05, 0.1) is 27.8 Å². The number of ether oxygens (including phenoxy) is 3. The predicted molar refractivity (Wildman–Crippen MR) is 163 cm³/mol. The van der Waals surface area contributed by atoms with Gasteiger partial charge in [0.1, 0.15) is 18.5 Å². The van der Waals surface area contributed by atoms with Crippen LogP contribution in [0.4, 0.5) is 0 Å². The van der Waals surface area contributed by atoms with Gasteiger partial charge in [0.2, 0.25) is 0 Å². The van der Waals surface area contributed by atoms with Crippen molar-refractivity contribution in [1.82, 2.24) is 4.98 Å². The zero-order valence-electron chi connectivity index (χ0n) is 24.6. The molecule has 210 valence electrons. The van der Waals surface area contributed by atoms with Crippen molar-refractivity contribution in [3.63, 3.8) is 0 Å². The van der Waals surface area contributed by atoms with Gasteiger partial charge in [-0.05, 0) is 96.2 Å². The highest BCUT2D eigenvalue weighted by Crippen LogP contribution is 2.45. The zero-order valence-corrected chi connectivity index (χ0v) is 25.4. The molecule has 6 heteroatoms. The van der Waals surface area contributed by atoms with E-state index >= 15 is 0 Å². The molecule has 0 saturated heterocycles. The first-order chi connectivity index (χ1) is 18.9. The second-order valence-electron chi connectivity index (χ2n) is 12.5. The summed E-state index contributed by atoms with van der Waals surface area (Å²) < 4.78 is 19.6. The number of pyridine rings is 1. The molecule has 0 amide bonds. The molecule has 5 rings (SSSR count). The quantitative estimate of drug-likeness (QED) is 0.222. The van der Waals surface area contributed by atoms with Crippen LogP contribution in [0.2, 0.25) is 0 Å². The second-order valence-corrected chi connectivity index (χ2v) is 13.6. The monoisotopic (exact) mass is 557 g/mol. The third-order valence-electron chi connectivity index (χ3n) is 6.94. The van der Waals surface area contributed by atoms with Crippen LogP contribution in [0.1, 0.15) is 70.9 Å². The molecule has 0 bridgehead atoms. The molecule has 0 saturated carbocycles. The third kappa shape index (κ3) is 6.08. The summed E-state index contributed by atoms with van der Waals surface area (Å²) in [7, 11) is 0. The predicted octanol–water partition coefficient (Wildman–Crippen LogP) is 8.71. The number of hydrogen-bond donors (Lipinski definition) is 0. The van der Waals surface area contributed by atoms with Gasteiger partial charge in [0.15, 0.2) is 0 Å². The topological polar surface area (TPSA) is 57.7 Å². The molecule has 0 fully saturated rings. The van der Waals surface area contributed by atoms with Crippen molar-refractivity contribution < 1.29 is 19.0 Å². The Kier molecular flexibility index (Phi) is 7.77. The van der Waals surface area contributed by atoms with Crippen LogP contribution in [-0.2, 0) is 20.7 Å². The molecule has 1 aliphatic heterocycles. The first-order valence-electron chi connectivity index (χ1n) is 14.0. The normalized spacial score (nSPS) is 14.5. The van der Waals surface area contributed by atoms with Crippen molar-refractivity contribution in [1.29, 1.82) is 0 Å². The van der Waals surface area contributed by atoms with E-state index < -0.39 is 17.1 Å². The Balaban J connectivity index is 1.72. The molecule has 4 aromatic rings. The van der Waals surface area contributed by atoms with E-state index in [1.807, 2.05) is 54.5 Å². The SMILES string of the molecule is Cc1nc2cc(-c3ccccc3)sc2c(-c2ccc3c(c2)CCCO3)c1[C@@H](COC(=O)C(C)(C)C)OC(C)(C)C. The van der Waals surface area contributed by atoms with Gasteiger partial charge in [-0.3, -0.25) is 9.78 Å². The number of carbonyl (C=O) groups is 1. The Bertz CT molecular complexity index is 1530. The summed E-state index contributed by atoms with van der Waals surface area (Å²) in [5.41, 5.74) is 6.27. The number of aryl methyl sites for hydroxylation is 2. The van der Waals surface area contributed by atoms with E-state index in [1.165, 1.54) is 5.56 Å². The van der Waals surface area contributed by atoms with Crippen LogP contribution in [0, 0.1) is 12.3 Å². The number of aromatic nitrogens is 1. The lowest BCUT2D eigenvalue weighted by Crippen LogP contribution is -2.30. The van der Waals surface area contributed by atoms with Crippen molar-refractivity contribution in [3.8, 4) is 27.3 Å². The molecule has 2 aromatic heterocycles. The van der Waals surface area contributed by atoms with Crippen LogP contribution >= 0.6 is 11.3 Å². The van der Waals surface area contributed by atoms with Crippen molar-refractivity contribution in [2.24, 2.45) is 5.41 Å². The molecular weight excluding hydrogens is 518 g/mol. The Morgan fingerprint density at radius 1 is 1.02 bits per heavy atom. The van der Waals surface area contributed by atoms with Gasteiger partial charge in [-0.1, -0.05) is 36.4 Å². The van der Waals surface area contributed by atoms with Crippen LogP contribution in [0.15, 0.2) is 54.6 Å². The maximum absolute atomic E-state index is 12.8. The van der Waals surface area contributed by atoms with Crippen molar-refractivity contribution in [2.45, 2.75) is 73.0 Å². The Labute approximate surface area is 241 Å². The fraction of sp³-hybridized carbons (Fsp3) is 0.412. The molecule has 0 spiro atoms. The molecule has 1 aliphatic rings. The van der Waals surface area contributed by atoms with E-state index in [0.717, 1.165) is 68.2 Å². The molecule has 5 nitrogen and oxygen atoms in total. The molecule has 0 radical (unpaired) electrons. The van der Waals surface area contributed by atoms with Gasteiger partial charge in [-0.25, -0.2) is 0 Å². The molecule has 0 unspecified atom stereocenters. The largest absolute Gasteiger partial charge is 0.493 e. The van der Waals surface area contributed by atoms with Gasteiger partial charge in [0.25, 0.3) is 0 Å². The van der Waals surface area contributed by atoms with E-state index in [4.69, 9.17) is 19.2 Å². The van der Waals surface area contributed by atoms with E-state index in [9.17, 15) is 4.79 Å². The average Bonchev–Trinajstić information content (AvgIpc) is 3.33. The molecule has 40 heavy (non-hydrogen) atoms. The van der Waals surface area contributed by atoms with Crippen molar-refractivity contribution >= 4 is 27.5 Å². The first kappa shape index (κ1) is 28.3. The zero-order chi connectivity index (χ0) is 28.7. The number of carbonyl (C=O) groups excluding carboxylic acids is 1. The number of esters is 1. The fourth-order valence-corrected chi connectivity index (χ4v) is 6.28. The summed E-state index contributed by atoms with van der Waals surface area (Å²) in [4.78, 5) is 19.1. The minimum Gasteiger partial charge on any atom is -0.493 e. The van der Waals surface area contributed by atoms with Crippen LogP contribution in [0.25, 0.3) is 31.8 Å². The summed E-state index contributed by atoms with van der Waals surface area (Å²) in [6.45, 7) is 14.6. The summed E-state index contributed by atoms with van der Waals surface area (Å²) in [5.74, 6) is 0.702. The van der Waals surface area contributed by atoms with Crippen molar-refractivity contribution in [2.75, 3.05) is 13.2 Å². The molecule has 3 heterocycles. The van der Waals surface area contributed by atoms with E-state index in [0.29, 0.717) is 0 Å². The van der Waals surface area contributed by atoms with Gasteiger partial charge >= 0.3 is 5.97 Å². The number of benzene rings is 2. The highest BCUT2D eigenvalue weighted by Gasteiger charge is 2.31. The van der Waals surface area contributed by atoms with Crippen LogP contribution in [-0.4, -0.2) is 29.8 Å². The Morgan fingerprint density at radius 2 is 1.77 bits per heavy atom. The summed E-state index contributed by atoms with van der Waals surface area (Å²) in [6, 6.07) is 19.1. The lowest BCUT2D eigenvalue weighted by molar-refractivity contribution is -0.162. The first-order valence-corrected chi connectivity index (χ1v) is 14.8. The Morgan fingerprint density at radius 3 is 2.48 bits per heavy atom. The summed E-state index contributed by atoms with van der Waals surface area (Å²) in [5, 5.41) is 0. The van der Waals surface area contributed by atoms with E-state index in [-0.39, 0.29) is 12.6 Å². The minimum atomic E-state index is -0.608. The Hall–Kier alpha value is -3.22. The third-order valence-corrected chi connectivity index (χ3v) is 8.13. The van der Waals surface area contributed by atoms with Gasteiger partial charge < -0.3 is 14.2 Å². The molecular formula is C34H39NO4S. The van der Waals surface area contributed by atoms with Crippen LogP contribution in [0.5, 0.6) is 5.75 Å². The number of fused-ring (bicyclic) bond motifs is 2. The molecule has 0 N–H and O–H groups in total. The number of hydrogen-bond acceptors (Lipinski definition) is 6. The summed E-state index contributed by atoms with van der Waals surface area (Å²) >= 11 is 1.74. The summed E-state index contributed by atoms with van der Waals surface area (Å²) in [6.07, 6.45) is 1.49. The van der Waals surface area contributed by atoms with Gasteiger partial charge in [0, 0.05) is 21.7 Å². The number of rotatable bonds is 6. The lowest BCUT2D eigenvalue weighted by atomic mass is 9.92. The smallest absolute Gasteiger partial charge is 0.311 e. The van der Waals surface area contributed by atoms with Crippen LogP contribution in [0.3, 0.4) is 0 Å². The maximum atomic E-state index is 12.8. The molecule has 1 atom stereocenters. The lowest BCUT2D eigenvalue weighted by Gasteiger charge is -2.31. The fourth-order valence-electron chi connectivity index (χ4n) is 5.10. The average molecular weight is 558 g/mol. The molecule has 0 aliphatic carbocycles. The highest BCUT2D eigenvalue weighted by atomic mass is 32.1. The molecule has 2 aromatic carbocycles. The van der Waals surface area contributed by atoms with E-state index in [2.05, 4.69) is 48.5 Å². The van der Waals surface area contributed by atoms with E-state index in [1.54, 1.807) is 11.3 Å². The highest BCUT2D eigenvalue weighted by molar-refractivity contribution is 7.22. The standard InChI is InChI=1S/C34H39NO4S/c1-21-29(27(39-34(5,6)7)20-38-32(36)33(2,3)4)30(24-15-16-26-23(18-24)14-11-17-37-26)31-25(35-21)19-28(40-31)22-12-9-8-10-13-22/h8-10,12-13,15-16,18-19,27H,11,14,17,20H2,1-7H3/t27-/m1/s1. The second kappa shape index (κ2) is 11.0. The van der Waals surface area contributed by atoms with Crippen molar-refractivity contribution in [3.05, 3.63) is 71.4 Å². The maximum Gasteiger partial charge on any atom is 0.311 e. The van der Waals surface area contributed by atoms with Gasteiger partial charge in [-0.2, -0.15) is 0 Å². The van der Waals surface area contributed by atoms with Gasteiger partial charge in [-0.15, -0.1) is 11.3 Å². The number of nitrogens with zero attached hydrogens (tertiary/aromatic N) is 1.